The monoisotopic (exact) mass is 226 g/mol. The number of hydrogen-bond acceptors (Lipinski definition) is 3. The summed E-state index contributed by atoms with van der Waals surface area (Å²) >= 11 is 0. The van der Waals surface area contributed by atoms with Crippen LogP contribution in [0, 0.1) is 0 Å². The minimum absolute atomic E-state index is 0.0748. The third-order valence-electron chi connectivity index (χ3n) is 3.69. The van der Waals surface area contributed by atoms with Crippen molar-refractivity contribution in [2.75, 3.05) is 19.7 Å². The number of hydrogen-bond donors (Lipinski definition) is 2. The summed E-state index contributed by atoms with van der Waals surface area (Å²) in [6.07, 6.45) is 4.54. The molecule has 2 aliphatic rings. The summed E-state index contributed by atoms with van der Waals surface area (Å²) in [6, 6.07) is 0.230. The lowest BCUT2D eigenvalue weighted by atomic mass is 9.85. The molecule has 4 nitrogen and oxygen atoms in total. The van der Waals surface area contributed by atoms with E-state index in [4.69, 9.17) is 4.74 Å². The summed E-state index contributed by atoms with van der Waals surface area (Å²) in [5.41, 5.74) is -0.0748. The molecule has 2 N–H and O–H groups in total. The predicted molar refractivity (Wildman–Crippen MR) is 62.2 cm³/mol. The van der Waals surface area contributed by atoms with Gasteiger partial charge in [0, 0.05) is 13.0 Å². The molecule has 0 aliphatic carbocycles. The first kappa shape index (κ1) is 11.9. The smallest absolute Gasteiger partial charge is 0.220 e. The molecule has 1 atom stereocenters. The molecule has 1 spiro atoms. The molecule has 16 heavy (non-hydrogen) atoms. The fourth-order valence-electron chi connectivity index (χ4n) is 2.78. The van der Waals surface area contributed by atoms with Gasteiger partial charge in [0.05, 0.1) is 11.6 Å². The van der Waals surface area contributed by atoms with Crippen molar-refractivity contribution in [2.24, 2.45) is 0 Å². The van der Waals surface area contributed by atoms with E-state index in [-0.39, 0.29) is 17.6 Å². The van der Waals surface area contributed by atoms with Crippen LogP contribution in [0.1, 0.15) is 39.0 Å². The van der Waals surface area contributed by atoms with E-state index in [1.54, 1.807) is 0 Å². The minimum atomic E-state index is -0.0748. The standard InChI is InChI=1S/C12H22N2O2/c1-2-3-11(15)14-10-4-9-16-12(10)5-7-13-8-6-12/h10,13H,2-9H2,1H3,(H,14,15). The summed E-state index contributed by atoms with van der Waals surface area (Å²) in [5, 5.41) is 6.49. The van der Waals surface area contributed by atoms with Gasteiger partial charge in [0.1, 0.15) is 0 Å². The fourth-order valence-corrected chi connectivity index (χ4v) is 2.78. The van der Waals surface area contributed by atoms with Gasteiger partial charge in [0.15, 0.2) is 0 Å². The molecule has 1 amide bonds. The normalized spacial score (nSPS) is 28.2. The minimum Gasteiger partial charge on any atom is -0.373 e. The van der Waals surface area contributed by atoms with Crippen molar-refractivity contribution < 1.29 is 9.53 Å². The lowest BCUT2D eigenvalue weighted by Crippen LogP contribution is -2.54. The Balaban J connectivity index is 1.94. The zero-order chi connectivity index (χ0) is 11.4. The SMILES string of the molecule is CCCC(=O)NC1CCOC12CCNCC2. The fraction of sp³-hybridized carbons (Fsp3) is 0.917. The zero-order valence-electron chi connectivity index (χ0n) is 10.1. The maximum atomic E-state index is 11.6. The molecule has 4 heteroatoms. The van der Waals surface area contributed by atoms with Gasteiger partial charge in [-0.15, -0.1) is 0 Å². The summed E-state index contributed by atoms with van der Waals surface area (Å²) in [7, 11) is 0. The molecule has 1 unspecified atom stereocenters. The highest BCUT2D eigenvalue weighted by molar-refractivity contribution is 5.76. The topological polar surface area (TPSA) is 50.4 Å². The molecular formula is C12H22N2O2. The van der Waals surface area contributed by atoms with Crippen LogP contribution in [0.15, 0.2) is 0 Å². The van der Waals surface area contributed by atoms with Crippen LogP contribution in [-0.2, 0) is 9.53 Å². The van der Waals surface area contributed by atoms with E-state index in [1.807, 2.05) is 6.92 Å². The number of carbonyl (C=O) groups is 1. The molecule has 2 rings (SSSR count). The van der Waals surface area contributed by atoms with Gasteiger partial charge in [0.25, 0.3) is 0 Å². The maximum absolute atomic E-state index is 11.6. The van der Waals surface area contributed by atoms with Gasteiger partial charge < -0.3 is 15.4 Å². The van der Waals surface area contributed by atoms with Crippen molar-refractivity contribution in [2.45, 2.75) is 50.7 Å². The van der Waals surface area contributed by atoms with E-state index >= 15 is 0 Å². The predicted octanol–water partition coefficient (Wildman–Crippen LogP) is 0.814. The third kappa shape index (κ3) is 2.38. The van der Waals surface area contributed by atoms with Crippen molar-refractivity contribution in [3.05, 3.63) is 0 Å². The Bertz CT molecular complexity index is 249. The average Bonchev–Trinajstić information content (AvgIpc) is 2.63. The molecule has 2 fully saturated rings. The van der Waals surface area contributed by atoms with Crippen LogP contribution >= 0.6 is 0 Å². The first-order valence-corrected chi connectivity index (χ1v) is 6.41. The first-order chi connectivity index (χ1) is 7.77. The Labute approximate surface area is 97.1 Å². The van der Waals surface area contributed by atoms with E-state index in [2.05, 4.69) is 10.6 Å². The average molecular weight is 226 g/mol. The second-order valence-electron chi connectivity index (χ2n) is 4.82. The van der Waals surface area contributed by atoms with Crippen LogP contribution in [0.5, 0.6) is 0 Å². The highest BCUT2D eigenvalue weighted by Crippen LogP contribution is 2.34. The maximum Gasteiger partial charge on any atom is 0.220 e. The van der Waals surface area contributed by atoms with Crippen molar-refractivity contribution in [3.8, 4) is 0 Å². The van der Waals surface area contributed by atoms with Gasteiger partial charge in [-0.05, 0) is 38.8 Å². The highest BCUT2D eigenvalue weighted by atomic mass is 16.5. The van der Waals surface area contributed by atoms with Gasteiger partial charge in [-0.3, -0.25) is 4.79 Å². The Morgan fingerprint density at radius 3 is 2.94 bits per heavy atom. The van der Waals surface area contributed by atoms with Crippen molar-refractivity contribution in [1.82, 2.24) is 10.6 Å². The van der Waals surface area contributed by atoms with Crippen LogP contribution < -0.4 is 10.6 Å². The van der Waals surface area contributed by atoms with Crippen LogP contribution in [0.3, 0.4) is 0 Å². The number of rotatable bonds is 3. The summed E-state index contributed by atoms with van der Waals surface area (Å²) in [4.78, 5) is 11.6. The molecule has 0 aromatic heterocycles. The summed E-state index contributed by atoms with van der Waals surface area (Å²) in [5.74, 6) is 0.177. The van der Waals surface area contributed by atoms with E-state index in [9.17, 15) is 4.79 Å². The number of piperidine rings is 1. The van der Waals surface area contributed by atoms with E-state index < -0.39 is 0 Å². The lowest BCUT2D eigenvalue weighted by Gasteiger charge is -2.38. The lowest BCUT2D eigenvalue weighted by molar-refractivity contribution is -0.123. The molecule has 0 bridgehead atoms. The molecule has 2 saturated heterocycles. The molecule has 2 heterocycles. The zero-order valence-corrected chi connectivity index (χ0v) is 10.1. The highest BCUT2D eigenvalue weighted by Gasteiger charge is 2.45. The number of nitrogens with one attached hydrogen (secondary N) is 2. The molecular weight excluding hydrogens is 204 g/mol. The molecule has 0 radical (unpaired) electrons. The Morgan fingerprint density at radius 1 is 1.50 bits per heavy atom. The van der Waals surface area contributed by atoms with E-state index in [1.165, 1.54) is 0 Å². The number of carbonyl (C=O) groups excluding carboxylic acids is 1. The Kier molecular flexibility index (Phi) is 3.82. The van der Waals surface area contributed by atoms with Crippen LogP contribution in [-0.4, -0.2) is 37.2 Å². The van der Waals surface area contributed by atoms with E-state index in [0.29, 0.717) is 6.42 Å². The van der Waals surface area contributed by atoms with Crippen molar-refractivity contribution >= 4 is 5.91 Å². The third-order valence-corrected chi connectivity index (χ3v) is 3.69. The second kappa shape index (κ2) is 5.15. The Hall–Kier alpha value is -0.610. The van der Waals surface area contributed by atoms with Gasteiger partial charge in [-0.2, -0.15) is 0 Å². The van der Waals surface area contributed by atoms with Crippen LogP contribution in [0.25, 0.3) is 0 Å². The summed E-state index contributed by atoms with van der Waals surface area (Å²) in [6.45, 7) is 4.82. The van der Waals surface area contributed by atoms with Gasteiger partial charge in [0.2, 0.25) is 5.91 Å². The quantitative estimate of drug-likeness (QED) is 0.749. The van der Waals surface area contributed by atoms with Gasteiger partial charge in [-0.1, -0.05) is 6.92 Å². The number of ether oxygens (including phenoxy) is 1. The summed E-state index contributed by atoms with van der Waals surface area (Å²) < 4.78 is 5.92. The molecule has 92 valence electrons. The van der Waals surface area contributed by atoms with E-state index in [0.717, 1.165) is 45.4 Å². The largest absolute Gasteiger partial charge is 0.373 e. The van der Waals surface area contributed by atoms with Gasteiger partial charge >= 0.3 is 0 Å². The Morgan fingerprint density at radius 2 is 2.25 bits per heavy atom. The first-order valence-electron chi connectivity index (χ1n) is 6.41. The second-order valence-corrected chi connectivity index (χ2v) is 4.82. The molecule has 0 saturated carbocycles. The van der Waals surface area contributed by atoms with Gasteiger partial charge in [-0.25, -0.2) is 0 Å². The van der Waals surface area contributed by atoms with Crippen molar-refractivity contribution in [1.29, 1.82) is 0 Å². The molecule has 0 aromatic carbocycles. The number of amides is 1. The van der Waals surface area contributed by atoms with Crippen LogP contribution in [0.4, 0.5) is 0 Å². The van der Waals surface area contributed by atoms with Crippen LogP contribution in [0.2, 0.25) is 0 Å². The van der Waals surface area contributed by atoms with Crippen molar-refractivity contribution in [3.63, 3.8) is 0 Å². The molecule has 2 aliphatic heterocycles. The molecule has 0 aromatic rings.